The average Bonchev–Trinajstić information content (AvgIpc) is 2.38. The molecule has 3 heteroatoms. The molecule has 1 saturated carbocycles. The van der Waals surface area contributed by atoms with Gasteiger partial charge in [0.25, 0.3) is 0 Å². The van der Waals surface area contributed by atoms with Crippen LogP contribution in [0.15, 0.2) is 18.2 Å². The highest BCUT2D eigenvalue weighted by molar-refractivity contribution is 5.56. The van der Waals surface area contributed by atoms with Gasteiger partial charge in [0.2, 0.25) is 0 Å². The number of para-hydroxylation sites is 1. The predicted octanol–water partition coefficient (Wildman–Crippen LogP) is 3.89. The van der Waals surface area contributed by atoms with Crippen molar-refractivity contribution in [2.45, 2.75) is 51.7 Å². The second kappa shape index (κ2) is 5.91. The quantitative estimate of drug-likeness (QED) is 0.896. The van der Waals surface area contributed by atoms with Gasteiger partial charge in [-0.05, 0) is 44.6 Å². The van der Waals surface area contributed by atoms with Gasteiger partial charge in [-0.15, -0.1) is 0 Å². The second-order valence-electron chi connectivity index (χ2n) is 5.88. The van der Waals surface area contributed by atoms with Crippen molar-refractivity contribution in [2.75, 3.05) is 11.9 Å². The van der Waals surface area contributed by atoms with E-state index in [1.807, 2.05) is 18.0 Å². The summed E-state index contributed by atoms with van der Waals surface area (Å²) in [4.78, 5) is 2.03. The van der Waals surface area contributed by atoms with Gasteiger partial charge in [-0.25, -0.2) is 4.39 Å². The number of hydrogen-bond donors (Lipinski definition) is 1. The molecule has 1 aliphatic carbocycles. The highest BCUT2D eigenvalue weighted by Crippen LogP contribution is 2.34. The Kier molecular flexibility index (Phi) is 4.46. The van der Waals surface area contributed by atoms with Gasteiger partial charge in [0.05, 0.1) is 11.8 Å². The van der Waals surface area contributed by atoms with Gasteiger partial charge in [-0.1, -0.05) is 19.1 Å². The maximum atomic E-state index is 14.1. The summed E-state index contributed by atoms with van der Waals surface area (Å²) in [6, 6.07) is 5.33. The summed E-state index contributed by atoms with van der Waals surface area (Å²) in [7, 11) is 1.95. The predicted molar refractivity (Wildman–Crippen MR) is 76.9 cm³/mol. The molecule has 0 aromatic heterocycles. The Morgan fingerprint density at radius 3 is 2.47 bits per heavy atom. The van der Waals surface area contributed by atoms with Crippen LogP contribution in [0.3, 0.4) is 0 Å². The summed E-state index contributed by atoms with van der Waals surface area (Å²) in [6.45, 7) is 3.97. The first-order valence-electron chi connectivity index (χ1n) is 7.20. The lowest BCUT2D eigenvalue weighted by atomic mass is 9.86. The van der Waals surface area contributed by atoms with E-state index < -0.39 is 6.10 Å². The minimum Gasteiger partial charge on any atom is -0.389 e. The number of benzene rings is 1. The number of rotatable bonds is 3. The van der Waals surface area contributed by atoms with Crippen LogP contribution in [0.5, 0.6) is 0 Å². The smallest absolute Gasteiger partial charge is 0.146 e. The van der Waals surface area contributed by atoms with Crippen molar-refractivity contribution in [3.8, 4) is 0 Å². The normalized spacial score (nSPS) is 25.1. The van der Waals surface area contributed by atoms with Crippen LogP contribution in [0.1, 0.15) is 51.2 Å². The van der Waals surface area contributed by atoms with Crippen LogP contribution < -0.4 is 4.90 Å². The van der Waals surface area contributed by atoms with E-state index in [0.29, 0.717) is 17.3 Å². The van der Waals surface area contributed by atoms with Crippen molar-refractivity contribution in [1.29, 1.82) is 0 Å². The van der Waals surface area contributed by atoms with Crippen LogP contribution in [0, 0.1) is 11.7 Å². The molecule has 1 fully saturated rings. The first kappa shape index (κ1) is 14.3. The second-order valence-corrected chi connectivity index (χ2v) is 5.88. The van der Waals surface area contributed by atoms with E-state index >= 15 is 0 Å². The lowest BCUT2D eigenvalue weighted by Crippen LogP contribution is -2.36. The Balaban J connectivity index is 2.25. The Morgan fingerprint density at radius 1 is 1.26 bits per heavy atom. The Labute approximate surface area is 115 Å². The van der Waals surface area contributed by atoms with Crippen LogP contribution in [0.4, 0.5) is 10.1 Å². The zero-order valence-corrected chi connectivity index (χ0v) is 12.1. The van der Waals surface area contributed by atoms with Gasteiger partial charge in [0.1, 0.15) is 5.82 Å². The molecule has 0 spiro atoms. The monoisotopic (exact) mass is 265 g/mol. The van der Waals surface area contributed by atoms with E-state index in [2.05, 4.69) is 6.92 Å². The van der Waals surface area contributed by atoms with Crippen LogP contribution in [-0.4, -0.2) is 18.2 Å². The molecule has 1 aromatic rings. The van der Waals surface area contributed by atoms with Gasteiger partial charge < -0.3 is 10.0 Å². The molecular formula is C16H24FNO. The Bertz CT molecular complexity index is 425. The van der Waals surface area contributed by atoms with E-state index in [-0.39, 0.29) is 5.82 Å². The summed E-state index contributed by atoms with van der Waals surface area (Å²) in [5.41, 5.74) is 1.25. The molecule has 0 amide bonds. The SMILES string of the molecule is CC1CCC(N(C)c2c(F)cccc2[C@@H](C)O)CC1. The van der Waals surface area contributed by atoms with E-state index in [1.165, 1.54) is 18.9 Å². The minimum atomic E-state index is -0.643. The molecule has 0 unspecified atom stereocenters. The molecule has 0 heterocycles. The molecule has 1 aliphatic rings. The van der Waals surface area contributed by atoms with Crippen molar-refractivity contribution in [3.63, 3.8) is 0 Å². The zero-order valence-electron chi connectivity index (χ0n) is 12.1. The largest absolute Gasteiger partial charge is 0.389 e. The molecule has 106 valence electrons. The summed E-state index contributed by atoms with van der Waals surface area (Å²) in [5, 5.41) is 9.82. The molecule has 1 aromatic carbocycles. The number of halogens is 1. The van der Waals surface area contributed by atoms with E-state index in [1.54, 1.807) is 13.0 Å². The summed E-state index contributed by atoms with van der Waals surface area (Å²) in [6.07, 6.45) is 3.97. The van der Waals surface area contributed by atoms with E-state index in [9.17, 15) is 9.50 Å². The van der Waals surface area contributed by atoms with E-state index in [4.69, 9.17) is 0 Å². The minimum absolute atomic E-state index is 0.237. The highest BCUT2D eigenvalue weighted by atomic mass is 19.1. The Hall–Kier alpha value is -1.09. The number of aliphatic hydroxyl groups is 1. The van der Waals surface area contributed by atoms with Crippen LogP contribution in [-0.2, 0) is 0 Å². The van der Waals surface area contributed by atoms with Crippen LogP contribution in [0.2, 0.25) is 0 Å². The van der Waals surface area contributed by atoms with Crippen molar-refractivity contribution >= 4 is 5.69 Å². The molecule has 0 radical (unpaired) electrons. The van der Waals surface area contributed by atoms with Gasteiger partial charge in [0.15, 0.2) is 0 Å². The summed E-state index contributed by atoms with van der Waals surface area (Å²) < 4.78 is 14.1. The summed E-state index contributed by atoms with van der Waals surface area (Å²) in [5.74, 6) is 0.543. The molecule has 0 aliphatic heterocycles. The van der Waals surface area contributed by atoms with Gasteiger partial charge in [0, 0.05) is 18.7 Å². The number of aliphatic hydroxyl groups excluding tert-OH is 1. The average molecular weight is 265 g/mol. The fraction of sp³-hybridized carbons (Fsp3) is 0.625. The van der Waals surface area contributed by atoms with Crippen LogP contribution >= 0.6 is 0 Å². The lowest BCUT2D eigenvalue weighted by molar-refractivity contribution is 0.199. The zero-order chi connectivity index (χ0) is 14.0. The molecule has 19 heavy (non-hydrogen) atoms. The maximum absolute atomic E-state index is 14.1. The first-order valence-corrected chi connectivity index (χ1v) is 7.20. The molecule has 1 N–H and O–H groups in total. The third-order valence-electron chi connectivity index (χ3n) is 4.35. The van der Waals surface area contributed by atoms with Crippen molar-refractivity contribution in [3.05, 3.63) is 29.6 Å². The molecular weight excluding hydrogens is 241 g/mol. The third-order valence-corrected chi connectivity index (χ3v) is 4.35. The van der Waals surface area contributed by atoms with Gasteiger partial charge in [-0.2, -0.15) is 0 Å². The fourth-order valence-electron chi connectivity index (χ4n) is 3.05. The van der Waals surface area contributed by atoms with Crippen LogP contribution in [0.25, 0.3) is 0 Å². The standard InChI is InChI=1S/C16H24FNO/c1-11-7-9-13(10-8-11)18(3)16-14(12(2)19)5-4-6-15(16)17/h4-6,11-13,19H,7-10H2,1-3H3/t11?,12-,13?/m1/s1. The molecule has 2 nitrogen and oxygen atoms in total. The van der Waals surface area contributed by atoms with Gasteiger partial charge >= 0.3 is 0 Å². The summed E-state index contributed by atoms with van der Waals surface area (Å²) >= 11 is 0. The number of anilines is 1. The van der Waals surface area contributed by atoms with Crippen molar-refractivity contribution < 1.29 is 9.50 Å². The third kappa shape index (κ3) is 3.08. The molecule has 1 atom stereocenters. The maximum Gasteiger partial charge on any atom is 0.146 e. The number of hydrogen-bond acceptors (Lipinski definition) is 2. The Morgan fingerprint density at radius 2 is 1.89 bits per heavy atom. The van der Waals surface area contributed by atoms with Gasteiger partial charge in [-0.3, -0.25) is 0 Å². The molecule has 2 rings (SSSR count). The topological polar surface area (TPSA) is 23.5 Å². The molecule has 0 bridgehead atoms. The first-order chi connectivity index (χ1) is 9.00. The van der Waals surface area contributed by atoms with Crippen molar-refractivity contribution in [2.24, 2.45) is 5.92 Å². The molecule has 0 saturated heterocycles. The fourth-order valence-corrected chi connectivity index (χ4v) is 3.05. The van der Waals surface area contributed by atoms with Crippen molar-refractivity contribution in [1.82, 2.24) is 0 Å². The highest BCUT2D eigenvalue weighted by Gasteiger charge is 2.25. The number of nitrogens with zero attached hydrogens (tertiary/aromatic N) is 1. The lowest BCUT2D eigenvalue weighted by Gasteiger charge is -2.36. The van der Waals surface area contributed by atoms with E-state index in [0.717, 1.165) is 18.8 Å².